The van der Waals surface area contributed by atoms with Gasteiger partial charge in [-0.3, -0.25) is 4.79 Å². The molecule has 0 fully saturated rings. The van der Waals surface area contributed by atoms with E-state index in [9.17, 15) is 4.79 Å². The highest BCUT2D eigenvalue weighted by Crippen LogP contribution is 2.38. The van der Waals surface area contributed by atoms with Crippen LogP contribution in [0.25, 0.3) is 0 Å². The fourth-order valence-electron chi connectivity index (χ4n) is 3.75. The van der Waals surface area contributed by atoms with Gasteiger partial charge in [-0.15, -0.1) is 0 Å². The van der Waals surface area contributed by atoms with Crippen molar-refractivity contribution < 1.29 is 23.7 Å². The van der Waals surface area contributed by atoms with Crippen molar-refractivity contribution in [2.75, 3.05) is 19.8 Å². The van der Waals surface area contributed by atoms with Crippen molar-refractivity contribution in [3.63, 3.8) is 0 Å². The van der Waals surface area contributed by atoms with Crippen LogP contribution in [0.1, 0.15) is 41.2 Å². The molecule has 0 radical (unpaired) electrons. The summed E-state index contributed by atoms with van der Waals surface area (Å²) in [4.78, 5) is 11.6. The minimum atomic E-state index is -0.159. The third kappa shape index (κ3) is 6.28. The van der Waals surface area contributed by atoms with Crippen LogP contribution in [0.2, 0.25) is 0 Å². The maximum absolute atomic E-state index is 11.6. The van der Waals surface area contributed by atoms with E-state index in [2.05, 4.69) is 55.5 Å². The fourth-order valence-corrected chi connectivity index (χ4v) is 3.75. The quantitative estimate of drug-likeness (QED) is 0.410. The Labute approximate surface area is 195 Å². The van der Waals surface area contributed by atoms with Gasteiger partial charge in [-0.1, -0.05) is 54.1 Å². The largest absolute Gasteiger partial charge is 0.488 e. The molecule has 1 aliphatic heterocycles. The zero-order valence-corrected chi connectivity index (χ0v) is 19.3. The summed E-state index contributed by atoms with van der Waals surface area (Å²) in [7, 11) is 0. The Morgan fingerprint density at radius 3 is 2.21 bits per heavy atom. The molecule has 3 aromatic rings. The molecule has 0 N–H and O–H groups in total. The first-order valence-corrected chi connectivity index (χ1v) is 11.4. The highest BCUT2D eigenvalue weighted by Gasteiger charge is 2.17. The second kappa shape index (κ2) is 10.9. The molecule has 1 heterocycles. The number of carbonyl (C=O) groups excluding carboxylic acids is 1. The number of carbonyl (C=O) groups is 1. The Kier molecular flexibility index (Phi) is 7.51. The molecule has 0 aromatic heterocycles. The molecule has 0 saturated heterocycles. The van der Waals surface area contributed by atoms with E-state index in [0.717, 1.165) is 39.5 Å². The number of aryl methyl sites for hydroxylation is 2. The topological polar surface area (TPSA) is 54.0 Å². The number of hydrogen-bond donors (Lipinski definition) is 0. The molecule has 0 spiro atoms. The van der Waals surface area contributed by atoms with Crippen molar-refractivity contribution in [1.82, 2.24) is 0 Å². The van der Waals surface area contributed by atoms with Gasteiger partial charge in [0.2, 0.25) is 0 Å². The molecule has 0 saturated carbocycles. The Bertz CT molecular complexity index is 1070. The molecule has 1 aliphatic rings. The van der Waals surface area contributed by atoms with Crippen LogP contribution in [0, 0.1) is 6.92 Å². The van der Waals surface area contributed by atoms with Crippen LogP contribution in [-0.2, 0) is 29.0 Å². The lowest BCUT2D eigenvalue weighted by atomic mass is 10.0. The van der Waals surface area contributed by atoms with E-state index in [1.54, 1.807) is 0 Å². The third-order valence-corrected chi connectivity index (χ3v) is 5.58. The summed E-state index contributed by atoms with van der Waals surface area (Å²) in [6, 6.07) is 20.6. The van der Waals surface area contributed by atoms with Crippen LogP contribution in [0.4, 0.5) is 0 Å². The second-order valence-corrected chi connectivity index (χ2v) is 8.18. The summed E-state index contributed by atoms with van der Waals surface area (Å²) in [5, 5.41) is 0. The van der Waals surface area contributed by atoms with Crippen molar-refractivity contribution in [2.24, 2.45) is 0 Å². The first kappa shape index (κ1) is 22.7. The standard InChI is InChI=1S/C28H30O5/c1-3-30-28(29)13-12-21-8-10-22(11-9-21)16-24-17-26-27(32-15-14-31-26)18-25(24)33-19-23-6-4-20(2)5-7-23/h4-11,17-18H,3,12-16,19H2,1-2H3. The highest BCUT2D eigenvalue weighted by molar-refractivity contribution is 5.69. The molecule has 3 aromatic carbocycles. The van der Waals surface area contributed by atoms with Gasteiger partial charge < -0.3 is 18.9 Å². The van der Waals surface area contributed by atoms with Crippen molar-refractivity contribution in [1.29, 1.82) is 0 Å². The SMILES string of the molecule is CCOC(=O)CCc1ccc(Cc2cc3c(cc2OCc2ccc(C)cc2)OCCO3)cc1. The lowest BCUT2D eigenvalue weighted by Gasteiger charge is -2.21. The van der Waals surface area contributed by atoms with Crippen LogP contribution in [0.5, 0.6) is 17.2 Å². The molecule has 0 atom stereocenters. The molecule has 33 heavy (non-hydrogen) atoms. The first-order chi connectivity index (χ1) is 16.1. The molecule has 0 amide bonds. The second-order valence-electron chi connectivity index (χ2n) is 8.18. The Morgan fingerprint density at radius 2 is 1.52 bits per heavy atom. The third-order valence-electron chi connectivity index (χ3n) is 5.58. The van der Waals surface area contributed by atoms with Crippen molar-refractivity contribution in [3.05, 3.63) is 88.5 Å². The van der Waals surface area contributed by atoms with E-state index in [0.29, 0.717) is 45.7 Å². The van der Waals surface area contributed by atoms with Crippen LogP contribution in [0.3, 0.4) is 0 Å². The van der Waals surface area contributed by atoms with Gasteiger partial charge >= 0.3 is 5.97 Å². The summed E-state index contributed by atoms with van der Waals surface area (Å²) in [6.45, 7) is 5.89. The Morgan fingerprint density at radius 1 is 0.879 bits per heavy atom. The zero-order chi connectivity index (χ0) is 23.0. The number of esters is 1. The number of fused-ring (bicyclic) bond motifs is 1. The van der Waals surface area contributed by atoms with Crippen molar-refractivity contribution >= 4 is 5.97 Å². The first-order valence-electron chi connectivity index (χ1n) is 11.4. The summed E-state index contributed by atoms with van der Waals surface area (Å²) in [5.74, 6) is 2.11. The lowest BCUT2D eigenvalue weighted by molar-refractivity contribution is -0.143. The summed E-state index contributed by atoms with van der Waals surface area (Å²) < 4.78 is 22.8. The predicted octanol–water partition coefficient (Wildman–Crippen LogP) is 5.43. The molecule has 0 unspecified atom stereocenters. The summed E-state index contributed by atoms with van der Waals surface area (Å²) in [5.41, 5.74) is 5.67. The molecule has 4 rings (SSSR count). The minimum absolute atomic E-state index is 0.159. The van der Waals surface area contributed by atoms with E-state index in [4.69, 9.17) is 18.9 Å². The van der Waals surface area contributed by atoms with Gasteiger partial charge in [0.15, 0.2) is 11.5 Å². The van der Waals surface area contributed by atoms with Crippen LogP contribution >= 0.6 is 0 Å². The van der Waals surface area contributed by atoms with Gasteiger partial charge in [-0.25, -0.2) is 0 Å². The van der Waals surface area contributed by atoms with Gasteiger partial charge in [-0.05, 0) is 43.0 Å². The van der Waals surface area contributed by atoms with Crippen LogP contribution in [0.15, 0.2) is 60.7 Å². The molecule has 172 valence electrons. The zero-order valence-electron chi connectivity index (χ0n) is 19.3. The average molecular weight is 447 g/mol. The Hall–Kier alpha value is -3.47. The van der Waals surface area contributed by atoms with Gasteiger partial charge in [0.25, 0.3) is 0 Å². The maximum atomic E-state index is 11.6. The number of hydrogen-bond acceptors (Lipinski definition) is 5. The molecule has 5 nitrogen and oxygen atoms in total. The van der Waals surface area contributed by atoms with Crippen LogP contribution < -0.4 is 14.2 Å². The van der Waals surface area contributed by atoms with Gasteiger partial charge in [0.05, 0.1) is 6.61 Å². The minimum Gasteiger partial charge on any atom is -0.488 e. The fraction of sp³-hybridized carbons (Fsp3) is 0.321. The number of benzene rings is 3. The summed E-state index contributed by atoms with van der Waals surface area (Å²) in [6.07, 6.45) is 1.78. The van der Waals surface area contributed by atoms with Gasteiger partial charge in [0.1, 0.15) is 25.6 Å². The van der Waals surface area contributed by atoms with Crippen molar-refractivity contribution in [2.45, 2.75) is 39.7 Å². The lowest BCUT2D eigenvalue weighted by Crippen LogP contribution is -2.16. The van der Waals surface area contributed by atoms with E-state index in [1.807, 2.05) is 19.1 Å². The monoisotopic (exact) mass is 446 g/mol. The van der Waals surface area contributed by atoms with E-state index in [1.165, 1.54) is 5.56 Å². The maximum Gasteiger partial charge on any atom is 0.306 e. The van der Waals surface area contributed by atoms with E-state index < -0.39 is 0 Å². The summed E-state index contributed by atoms with van der Waals surface area (Å²) >= 11 is 0. The van der Waals surface area contributed by atoms with E-state index >= 15 is 0 Å². The molecular weight excluding hydrogens is 416 g/mol. The predicted molar refractivity (Wildman–Crippen MR) is 127 cm³/mol. The molecular formula is C28H30O5. The van der Waals surface area contributed by atoms with Crippen molar-refractivity contribution in [3.8, 4) is 17.2 Å². The van der Waals surface area contributed by atoms with E-state index in [-0.39, 0.29) is 5.97 Å². The van der Waals surface area contributed by atoms with Gasteiger partial charge in [-0.2, -0.15) is 0 Å². The average Bonchev–Trinajstić information content (AvgIpc) is 2.83. The molecule has 0 bridgehead atoms. The highest BCUT2D eigenvalue weighted by atomic mass is 16.6. The van der Waals surface area contributed by atoms with Crippen LogP contribution in [-0.4, -0.2) is 25.8 Å². The Balaban J connectivity index is 1.48. The molecule has 5 heteroatoms. The number of rotatable bonds is 9. The van der Waals surface area contributed by atoms with Gasteiger partial charge in [0, 0.05) is 24.5 Å². The molecule has 0 aliphatic carbocycles. The number of ether oxygens (including phenoxy) is 4. The normalized spacial score (nSPS) is 12.3. The smallest absolute Gasteiger partial charge is 0.306 e.